The van der Waals surface area contributed by atoms with E-state index in [1.165, 1.54) is 0 Å². The van der Waals surface area contributed by atoms with Crippen LogP contribution in [0.4, 0.5) is 26.3 Å². The van der Waals surface area contributed by atoms with Gasteiger partial charge in [0, 0.05) is 11.6 Å². The molecular weight excluding hydrogens is 646 g/mol. The molecule has 4 aromatic carbocycles. The molecule has 4 rings (SSSR count). The van der Waals surface area contributed by atoms with Crippen molar-refractivity contribution in [3.8, 4) is 23.0 Å². The Morgan fingerprint density at radius 3 is 1.30 bits per heavy atom. The van der Waals surface area contributed by atoms with Crippen molar-refractivity contribution in [2.75, 3.05) is 0 Å². The first-order chi connectivity index (χ1) is 22.0. The largest absolute Gasteiger partial charge is 0.478 e. The minimum atomic E-state index is -5.83. The molecule has 0 amide bonds. The van der Waals surface area contributed by atoms with Crippen LogP contribution in [0.3, 0.4) is 0 Å². The lowest BCUT2D eigenvalue weighted by atomic mass is 9.73. The molecule has 1 unspecified atom stereocenters. The molecule has 0 saturated carbocycles. The van der Waals surface area contributed by atoms with Crippen LogP contribution < -0.4 is 9.47 Å². The van der Waals surface area contributed by atoms with Gasteiger partial charge in [0.25, 0.3) is 0 Å². The number of carboxylic acid groups (broad SMARTS) is 4. The van der Waals surface area contributed by atoms with Crippen LogP contribution in [0.25, 0.3) is 0 Å². The Hall–Kier alpha value is -6.06. The highest BCUT2D eigenvalue weighted by atomic mass is 19.4. The fourth-order valence-corrected chi connectivity index (χ4v) is 4.60. The monoisotopic (exact) mass is 663 g/mol. The second-order valence-corrected chi connectivity index (χ2v) is 9.51. The molecule has 16 heteroatoms. The fourth-order valence-electron chi connectivity index (χ4n) is 4.60. The summed E-state index contributed by atoms with van der Waals surface area (Å²) in [5.74, 6) is -9.63. The summed E-state index contributed by atoms with van der Waals surface area (Å²) in [6.07, 6.45) is -9.08. The predicted octanol–water partition coefficient (Wildman–Crippen LogP) is 7.48. The Balaban J connectivity index is 1.71. The number of carbonyl (C=O) groups is 4. The summed E-state index contributed by atoms with van der Waals surface area (Å²) in [4.78, 5) is 45.3. The predicted molar refractivity (Wildman–Crippen MR) is 146 cm³/mol. The molecular formula is C31H17F6O10. The standard InChI is InChI=1S/C31H17F6O10/c32-24-13-18(47-17-6-9-20(26(40)41)22(12-17)28(44)45)7-10-23(24)30(29(33)34,31(35,36)37)14-1-3-15(4-2-14)46-16-5-8-19(25(38)39)21(11-16)27(42)43/h1-13H,(H,38,39)(H,40,41)(H,42,43)(H,44,45). The lowest BCUT2D eigenvalue weighted by Gasteiger charge is -2.35. The zero-order chi connectivity index (χ0) is 34.8. The molecule has 243 valence electrons. The molecule has 4 N–H and O–H groups in total. The lowest BCUT2D eigenvalue weighted by Crippen LogP contribution is -2.46. The van der Waals surface area contributed by atoms with Crippen molar-refractivity contribution in [2.45, 2.75) is 11.6 Å². The van der Waals surface area contributed by atoms with E-state index in [0.717, 1.165) is 48.5 Å². The number of aromatic carboxylic acids is 4. The molecule has 47 heavy (non-hydrogen) atoms. The molecule has 0 bridgehead atoms. The second-order valence-electron chi connectivity index (χ2n) is 9.51. The number of halogens is 6. The van der Waals surface area contributed by atoms with Crippen molar-refractivity contribution < 1.29 is 75.4 Å². The van der Waals surface area contributed by atoms with E-state index < -0.39 is 86.8 Å². The van der Waals surface area contributed by atoms with Gasteiger partial charge in [-0.05, 0) is 60.2 Å². The number of carboxylic acids is 4. The quantitative estimate of drug-likeness (QED) is 0.118. The van der Waals surface area contributed by atoms with E-state index >= 15 is 4.39 Å². The number of alkyl halides is 3. The Morgan fingerprint density at radius 2 is 0.915 bits per heavy atom. The fraction of sp³-hybridized carbons (Fsp3) is 0.0645. The van der Waals surface area contributed by atoms with Crippen molar-refractivity contribution in [3.63, 3.8) is 0 Å². The summed E-state index contributed by atoms with van der Waals surface area (Å²) >= 11 is 0. The zero-order valence-corrected chi connectivity index (χ0v) is 23.0. The van der Waals surface area contributed by atoms with Crippen LogP contribution in [0.1, 0.15) is 52.6 Å². The molecule has 0 saturated heterocycles. The molecule has 0 aliphatic heterocycles. The Morgan fingerprint density at radius 1 is 0.532 bits per heavy atom. The van der Waals surface area contributed by atoms with Crippen LogP contribution in [0.2, 0.25) is 0 Å². The van der Waals surface area contributed by atoms with Gasteiger partial charge in [0.2, 0.25) is 0 Å². The SMILES string of the molecule is O=C(O)c1ccc(Oc2ccc(C([C](F)F)(c3ccc(Oc4ccc(C(=O)O)c(C(=O)O)c4)cc3F)C(F)(F)F)cc2)cc1C(=O)O. The minimum absolute atomic E-state index is 0.250. The van der Waals surface area contributed by atoms with Crippen molar-refractivity contribution in [3.05, 3.63) is 124 Å². The van der Waals surface area contributed by atoms with Gasteiger partial charge in [-0.3, -0.25) is 0 Å². The van der Waals surface area contributed by atoms with E-state index in [9.17, 15) is 51.3 Å². The molecule has 0 aromatic heterocycles. The average molecular weight is 663 g/mol. The van der Waals surface area contributed by atoms with Gasteiger partial charge in [0.05, 0.1) is 22.3 Å². The molecule has 4 aromatic rings. The summed E-state index contributed by atoms with van der Waals surface area (Å²) in [6, 6.07) is 9.65. The van der Waals surface area contributed by atoms with Crippen molar-refractivity contribution in [1.82, 2.24) is 0 Å². The second kappa shape index (κ2) is 12.7. The molecule has 1 atom stereocenters. The Bertz CT molecular complexity index is 1890. The van der Waals surface area contributed by atoms with Gasteiger partial charge in [-0.15, -0.1) is 0 Å². The number of hydrogen-bond acceptors (Lipinski definition) is 6. The maximum absolute atomic E-state index is 15.3. The summed E-state index contributed by atoms with van der Waals surface area (Å²) in [6.45, 7) is 0. The first-order valence-electron chi connectivity index (χ1n) is 12.7. The van der Waals surface area contributed by atoms with E-state index in [4.69, 9.17) is 19.7 Å². The highest BCUT2D eigenvalue weighted by Crippen LogP contribution is 2.54. The van der Waals surface area contributed by atoms with Crippen LogP contribution in [-0.4, -0.2) is 50.5 Å². The van der Waals surface area contributed by atoms with E-state index in [0.29, 0.717) is 30.3 Å². The number of hydrogen-bond donors (Lipinski definition) is 4. The first kappa shape index (κ1) is 33.8. The average Bonchev–Trinajstić information content (AvgIpc) is 2.98. The zero-order valence-electron chi connectivity index (χ0n) is 23.0. The Labute approximate surface area is 258 Å². The summed E-state index contributed by atoms with van der Waals surface area (Å²) in [5, 5.41) is 36.8. The topological polar surface area (TPSA) is 168 Å². The van der Waals surface area contributed by atoms with Crippen molar-refractivity contribution in [1.29, 1.82) is 0 Å². The number of benzene rings is 4. The van der Waals surface area contributed by atoms with Crippen LogP contribution in [0.15, 0.2) is 78.9 Å². The van der Waals surface area contributed by atoms with E-state index in [-0.39, 0.29) is 17.2 Å². The molecule has 0 fully saturated rings. The molecule has 0 spiro atoms. The van der Waals surface area contributed by atoms with Crippen LogP contribution >= 0.6 is 0 Å². The highest BCUT2D eigenvalue weighted by molar-refractivity contribution is 6.02. The smallest absolute Gasteiger partial charge is 0.408 e. The number of ether oxygens (including phenoxy) is 2. The van der Waals surface area contributed by atoms with E-state index in [2.05, 4.69) is 0 Å². The van der Waals surface area contributed by atoms with Gasteiger partial charge < -0.3 is 29.9 Å². The van der Waals surface area contributed by atoms with Crippen LogP contribution in [0.5, 0.6) is 23.0 Å². The summed E-state index contributed by atoms with van der Waals surface area (Å²) < 4.78 is 98.7. The Kier molecular flexibility index (Phi) is 9.17. The normalized spacial score (nSPS) is 12.7. The molecule has 1 radical (unpaired) electrons. The van der Waals surface area contributed by atoms with Gasteiger partial charge in [-0.25, -0.2) is 23.6 Å². The van der Waals surface area contributed by atoms with Gasteiger partial charge in [-0.1, -0.05) is 18.2 Å². The molecule has 10 nitrogen and oxygen atoms in total. The van der Waals surface area contributed by atoms with Crippen molar-refractivity contribution in [2.24, 2.45) is 0 Å². The van der Waals surface area contributed by atoms with Gasteiger partial charge in [0.1, 0.15) is 28.8 Å². The number of rotatable bonds is 11. The van der Waals surface area contributed by atoms with Gasteiger partial charge in [-0.2, -0.15) is 22.0 Å². The summed E-state index contributed by atoms with van der Waals surface area (Å²) in [5.41, 5.74) is -9.57. The van der Waals surface area contributed by atoms with Gasteiger partial charge in [0.15, 0.2) is 5.41 Å². The van der Waals surface area contributed by atoms with Crippen LogP contribution in [-0.2, 0) is 5.41 Å². The molecule has 0 aliphatic carbocycles. The third-order valence-corrected chi connectivity index (χ3v) is 6.72. The third kappa shape index (κ3) is 6.51. The highest BCUT2D eigenvalue weighted by Gasteiger charge is 2.65. The summed E-state index contributed by atoms with van der Waals surface area (Å²) in [7, 11) is 0. The van der Waals surface area contributed by atoms with E-state index in [1.807, 2.05) is 0 Å². The third-order valence-electron chi connectivity index (χ3n) is 6.72. The van der Waals surface area contributed by atoms with Gasteiger partial charge >= 0.3 is 36.5 Å². The van der Waals surface area contributed by atoms with E-state index in [1.54, 1.807) is 0 Å². The molecule has 0 heterocycles. The van der Waals surface area contributed by atoms with Crippen LogP contribution in [0, 0.1) is 12.2 Å². The maximum atomic E-state index is 15.3. The first-order valence-corrected chi connectivity index (χ1v) is 12.7. The maximum Gasteiger partial charge on any atom is 0.408 e. The minimum Gasteiger partial charge on any atom is -0.478 e. The van der Waals surface area contributed by atoms with Crippen molar-refractivity contribution >= 4 is 23.9 Å². The molecule has 0 aliphatic rings. The lowest BCUT2D eigenvalue weighted by molar-refractivity contribution is -0.190.